The molecule has 0 aliphatic carbocycles. The number of hydrogen-bond donors (Lipinski definition) is 3. The molecule has 0 saturated heterocycles. The van der Waals surface area contributed by atoms with Gasteiger partial charge in [0, 0.05) is 5.56 Å². The third-order valence-corrected chi connectivity index (χ3v) is 3.73. The quantitative estimate of drug-likeness (QED) is 0.312. The summed E-state index contributed by atoms with van der Waals surface area (Å²) in [5.41, 5.74) is 4.46. The van der Waals surface area contributed by atoms with Gasteiger partial charge in [0.25, 0.3) is 5.69 Å². The van der Waals surface area contributed by atoms with E-state index in [1.54, 1.807) is 13.0 Å². The van der Waals surface area contributed by atoms with Crippen molar-refractivity contribution in [3.05, 3.63) is 50.6 Å². The zero-order chi connectivity index (χ0) is 19.6. The maximum Gasteiger partial charge on any atom is 0.338 e. The predicted octanol–water partition coefficient (Wildman–Crippen LogP) is 1.65. The van der Waals surface area contributed by atoms with Crippen molar-refractivity contribution in [1.29, 1.82) is 5.26 Å². The number of allylic oxidation sites excluding steroid dienone is 2. The molecule has 0 radical (unpaired) electrons. The largest absolute Gasteiger partial charge is 0.504 e. The number of nitriles is 1. The lowest BCUT2D eigenvalue weighted by atomic mass is 9.82. The Bertz CT molecular complexity index is 896. The number of carbonyl (C=O) groups excluding carboxylic acids is 1. The maximum absolute atomic E-state index is 12.4. The second-order valence-electron chi connectivity index (χ2n) is 5.27. The van der Waals surface area contributed by atoms with Gasteiger partial charge in [-0.05, 0) is 19.9 Å². The number of carbonyl (C=O) groups is 1. The first-order valence-electron chi connectivity index (χ1n) is 7.38. The third-order valence-electron chi connectivity index (χ3n) is 3.73. The van der Waals surface area contributed by atoms with E-state index in [0.717, 1.165) is 12.1 Å². The molecule has 1 heterocycles. The molecule has 0 fully saturated rings. The number of ether oxygens (including phenoxy) is 2. The fourth-order valence-electron chi connectivity index (χ4n) is 2.64. The lowest BCUT2D eigenvalue weighted by Gasteiger charge is -2.26. The maximum atomic E-state index is 12.4. The van der Waals surface area contributed by atoms with E-state index in [4.69, 9.17) is 15.2 Å². The summed E-state index contributed by atoms with van der Waals surface area (Å²) in [6.45, 7) is 2.98. The summed E-state index contributed by atoms with van der Waals surface area (Å²) in [4.78, 5) is 23.0. The monoisotopic (exact) mass is 361 g/mol. The fraction of sp³-hybridized carbons (Fsp3) is 0.250. The zero-order valence-corrected chi connectivity index (χ0v) is 13.8. The van der Waals surface area contributed by atoms with Crippen molar-refractivity contribution in [2.24, 2.45) is 5.73 Å². The molecule has 136 valence electrons. The van der Waals surface area contributed by atoms with Gasteiger partial charge < -0.3 is 25.4 Å². The van der Waals surface area contributed by atoms with E-state index < -0.39 is 34.0 Å². The highest BCUT2D eigenvalue weighted by Gasteiger charge is 2.40. The Kier molecular flexibility index (Phi) is 5.02. The molecule has 10 heteroatoms. The standard InChI is InChI=1S/C16H15N3O7/c1-3-25-16(22)13-7(2)26-15(18)9(6-17)14(13)8-4-11(20)12(21)5-10(8)19(23)24/h4-5,14,20-21H,3,18H2,1-2H3. The van der Waals surface area contributed by atoms with E-state index in [-0.39, 0.29) is 35.0 Å². The fourth-order valence-corrected chi connectivity index (χ4v) is 2.64. The molecule has 10 nitrogen and oxygen atoms in total. The lowest BCUT2D eigenvalue weighted by molar-refractivity contribution is -0.385. The first kappa shape index (κ1) is 18.6. The summed E-state index contributed by atoms with van der Waals surface area (Å²) in [5.74, 6) is -3.86. The van der Waals surface area contributed by atoms with Crippen molar-refractivity contribution in [2.45, 2.75) is 19.8 Å². The molecular weight excluding hydrogens is 346 g/mol. The van der Waals surface area contributed by atoms with Crippen LogP contribution in [0.2, 0.25) is 0 Å². The highest BCUT2D eigenvalue weighted by molar-refractivity contribution is 5.93. The number of benzene rings is 1. The smallest absolute Gasteiger partial charge is 0.338 e. The Labute approximate surface area is 147 Å². The molecule has 26 heavy (non-hydrogen) atoms. The van der Waals surface area contributed by atoms with Gasteiger partial charge in [-0.3, -0.25) is 10.1 Å². The average Bonchev–Trinajstić information content (AvgIpc) is 2.56. The number of nitrogens with two attached hydrogens (primary N) is 1. The third kappa shape index (κ3) is 3.10. The molecule has 1 aliphatic heterocycles. The molecule has 0 saturated carbocycles. The molecule has 0 aromatic heterocycles. The minimum Gasteiger partial charge on any atom is -0.504 e. The zero-order valence-electron chi connectivity index (χ0n) is 13.8. The Morgan fingerprint density at radius 3 is 2.62 bits per heavy atom. The number of esters is 1. The van der Waals surface area contributed by atoms with Crippen LogP contribution in [0.5, 0.6) is 11.5 Å². The SMILES string of the molecule is CCOC(=O)C1=C(C)OC(N)=C(C#N)C1c1cc(O)c(O)cc1[N+](=O)[O-]. The van der Waals surface area contributed by atoms with Crippen LogP contribution in [0.4, 0.5) is 5.69 Å². The van der Waals surface area contributed by atoms with Crippen molar-refractivity contribution >= 4 is 11.7 Å². The normalized spacial score (nSPS) is 16.7. The van der Waals surface area contributed by atoms with E-state index in [1.807, 2.05) is 0 Å². The van der Waals surface area contributed by atoms with Crippen LogP contribution in [0.15, 0.2) is 34.9 Å². The topological polar surface area (TPSA) is 169 Å². The summed E-state index contributed by atoms with van der Waals surface area (Å²) in [5, 5.41) is 40.2. The van der Waals surface area contributed by atoms with E-state index in [2.05, 4.69) is 0 Å². The predicted molar refractivity (Wildman–Crippen MR) is 86.4 cm³/mol. The Balaban J connectivity index is 2.82. The van der Waals surface area contributed by atoms with Crippen molar-refractivity contribution < 1.29 is 29.4 Å². The Morgan fingerprint density at radius 1 is 1.46 bits per heavy atom. The van der Waals surface area contributed by atoms with Crippen LogP contribution in [0, 0.1) is 21.4 Å². The lowest BCUT2D eigenvalue weighted by Crippen LogP contribution is -2.26. The van der Waals surface area contributed by atoms with E-state index >= 15 is 0 Å². The van der Waals surface area contributed by atoms with Crippen molar-refractivity contribution in [3.63, 3.8) is 0 Å². The van der Waals surface area contributed by atoms with Gasteiger partial charge in [0.15, 0.2) is 11.5 Å². The minimum absolute atomic E-state index is 0.00631. The van der Waals surface area contributed by atoms with Crippen molar-refractivity contribution in [3.8, 4) is 17.6 Å². The van der Waals surface area contributed by atoms with E-state index in [0.29, 0.717) is 0 Å². The van der Waals surface area contributed by atoms with Gasteiger partial charge in [-0.2, -0.15) is 5.26 Å². The second kappa shape index (κ2) is 7.02. The van der Waals surface area contributed by atoms with Crippen LogP contribution in [-0.2, 0) is 14.3 Å². The Hall–Kier alpha value is -3.74. The number of hydrogen-bond acceptors (Lipinski definition) is 9. The van der Waals surface area contributed by atoms with Gasteiger partial charge in [0.2, 0.25) is 5.88 Å². The van der Waals surface area contributed by atoms with Crippen LogP contribution in [0.1, 0.15) is 25.3 Å². The van der Waals surface area contributed by atoms with Crippen LogP contribution >= 0.6 is 0 Å². The minimum atomic E-state index is -1.31. The molecule has 0 bridgehead atoms. The van der Waals surface area contributed by atoms with Crippen LogP contribution in [-0.4, -0.2) is 27.7 Å². The van der Waals surface area contributed by atoms with Gasteiger partial charge in [-0.15, -0.1) is 0 Å². The molecule has 1 unspecified atom stereocenters. The summed E-state index contributed by atoms with van der Waals surface area (Å²) in [7, 11) is 0. The summed E-state index contributed by atoms with van der Waals surface area (Å²) in [6.07, 6.45) is 0. The van der Waals surface area contributed by atoms with Gasteiger partial charge in [-0.25, -0.2) is 4.79 Å². The number of nitro groups is 1. The van der Waals surface area contributed by atoms with Gasteiger partial charge in [0.05, 0.1) is 29.1 Å². The molecule has 1 aromatic carbocycles. The molecule has 1 aromatic rings. The molecule has 1 atom stereocenters. The number of phenolic OH excluding ortho intramolecular Hbond substituents is 2. The average molecular weight is 361 g/mol. The number of aromatic hydroxyl groups is 2. The first-order chi connectivity index (χ1) is 12.2. The highest BCUT2D eigenvalue weighted by atomic mass is 16.6. The van der Waals surface area contributed by atoms with Gasteiger partial charge >= 0.3 is 5.97 Å². The number of nitrogens with zero attached hydrogens (tertiary/aromatic N) is 2. The van der Waals surface area contributed by atoms with Crippen molar-refractivity contribution in [1.82, 2.24) is 0 Å². The summed E-state index contributed by atoms with van der Waals surface area (Å²) in [6, 6.07) is 3.40. The van der Waals surface area contributed by atoms with Crippen LogP contribution in [0.25, 0.3) is 0 Å². The first-order valence-corrected chi connectivity index (χ1v) is 7.38. The molecule has 1 aliphatic rings. The van der Waals surface area contributed by atoms with E-state index in [9.17, 15) is 30.4 Å². The summed E-state index contributed by atoms with van der Waals surface area (Å²) < 4.78 is 10.2. The Morgan fingerprint density at radius 2 is 2.08 bits per heavy atom. The van der Waals surface area contributed by atoms with Crippen LogP contribution in [0.3, 0.4) is 0 Å². The molecule has 0 spiro atoms. The van der Waals surface area contributed by atoms with Gasteiger partial charge in [0.1, 0.15) is 17.4 Å². The molecule has 2 rings (SSSR count). The molecular formula is C16H15N3O7. The number of nitro benzene ring substituents is 1. The molecule has 4 N–H and O–H groups in total. The van der Waals surface area contributed by atoms with Crippen molar-refractivity contribution in [2.75, 3.05) is 6.61 Å². The van der Waals surface area contributed by atoms with Gasteiger partial charge in [-0.1, -0.05) is 0 Å². The summed E-state index contributed by atoms with van der Waals surface area (Å²) >= 11 is 0. The van der Waals surface area contributed by atoms with Crippen LogP contribution < -0.4 is 5.73 Å². The molecule has 0 amide bonds. The second-order valence-corrected chi connectivity index (χ2v) is 5.27. The number of phenols is 2. The highest BCUT2D eigenvalue weighted by Crippen LogP contribution is 2.45. The van der Waals surface area contributed by atoms with E-state index in [1.165, 1.54) is 6.92 Å². The number of rotatable bonds is 4.